The third-order valence-corrected chi connectivity index (χ3v) is 3.92. The molecule has 0 radical (unpaired) electrons. The molecule has 0 heterocycles. The second-order valence-corrected chi connectivity index (χ2v) is 5.05. The van der Waals surface area contributed by atoms with Gasteiger partial charge in [-0.3, -0.25) is 0 Å². The molecule has 0 bridgehead atoms. The zero-order valence-corrected chi connectivity index (χ0v) is 11.2. The van der Waals surface area contributed by atoms with E-state index in [1.54, 1.807) is 0 Å². The van der Waals surface area contributed by atoms with Gasteiger partial charge in [0, 0.05) is 0 Å². The van der Waals surface area contributed by atoms with E-state index in [0.29, 0.717) is 0 Å². The van der Waals surface area contributed by atoms with Gasteiger partial charge < -0.3 is 0 Å². The molecule has 0 N–H and O–H groups in total. The predicted molar refractivity (Wildman–Crippen MR) is 82.5 cm³/mol. The van der Waals surface area contributed by atoms with Crippen LogP contribution in [0.5, 0.6) is 0 Å². The lowest BCUT2D eigenvalue weighted by atomic mass is 9.92. The summed E-state index contributed by atoms with van der Waals surface area (Å²) in [5, 5.41) is 0. The van der Waals surface area contributed by atoms with E-state index in [-0.39, 0.29) is 0 Å². The van der Waals surface area contributed by atoms with Gasteiger partial charge in [-0.05, 0) is 52.6 Å². The summed E-state index contributed by atoms with van der Waals surface area (Å²) in [6.07, 6.45) is 6.92. The van der Waals surface area contributed by atoms with E-state index in [0.717, 1.165) is 19.3 Å². The molecule has 1 aliphatic rings. The second kappa shape index (κ2) is 4.89. The van der Waals surface area contributed by atoms with Crippen LogP contribution in [0.2, 0.25) is 0 Å². The summed E-state index contributed by atoms with van der Waals surface area (Å²) >= 11 is 0. The number of hydrogen-bond acceptors (Lipinski definition) is 0. The Bertz CT molecular complexity index is 647. The van der Waals surface area contributed by atoms with Crippen LogP contribution in [0.1, 0.15) is 22.3 Å². The highest BCUT2D eigenvalue weighted by Crippen LogP contribution is 2.39. The van der Waals surface area contributed by atoms with Crippen LogP contribution >= 0.6 is 0 Å². The smallest absolute Gasteiger partial charge is 0.00105 e. The average Bonchev–Trinajstić information content (AvgIpc) is 2.81. The Hall–Kier alpha value is -2.08. The molecule has 0 nitrogen and oxygen atoms in total. The maximum Gasteiger partial charge on any atom is -0.00105 e. The Labute approximate surface area is 115 Å². The Kier molecular flexibility index (Phi) is 3.08. The molecule has 2 aromatic carbocycles. The molecule has 0 saturated heterocycles. The van der Waals surface area contributed by atoms with Crippen LogP contribution in [-0.4, -0.2) is 0 Å². The summed E-state index contributed by atoms with van der Waals surface area (Å²) in [6, 6.07) is 13.2. The number of hydrogen-bond donors (Lipinski definition) is 0. The van der Waals surface area contributed by atoms with Crippen molar-refractivity contribution in [3.63, 3.8) is 0 Å². The topological polar surface area (TPSA) is 0 Å². The predicted octanol–water partition coefficient (Wildman–Crippen LogP) is 4.71. The van der Waals surface area contributed by atoms with Gasteiger partial charge in [-0.15, -0.1) is 13.2 Å². The highest BCUT2D eigenvalue weighted by Gasteiger charge is 2.21. The molecule has 0 amide bonds. The van der Waals surface area contributed by atoms with E-state index < -0.39 is 0 Å². The van der Waals surface area contributed by atoms with Crippen LogP contribution < -0.4 is 0 Å². The molecule has 0 aromatic heterocycles. The van der Waals surface area contributed by atoms with E-state index in [2.05, 4.69) is 49.6 Å². The average molecular weight is 246 g/mol. The summed E-state index contributed by atoms with van der Waals surface area (Å²) in [7, 11) is 0. The van der Waals surface area contributed by atoms with E-state index >= 15 is 0 Å². The van der Waals surface area contributed by atoms with Crippen LogP contribution in [0.4, 0.5) is 0 Å². The summed E-state index contributed by atoms with van der Waals surface area (Å²) in [4.78, 5) is 0. The molecule has 0 atom stereocenters. The molecule has 94 valence electrons. The second-order valence-electron chi connectivity index (χ2n) is 5.05. The molecular weight excluding hydrogens is 228 g/mol. The minimum Gasteiger partial charge on any atom is -0.103 e. The van der Waals surface area contributed by atoms with Crippen molar-refractivity contribution in [3.05, 3.63) is 84.0 Å². The van der Waals surface area contributed by atoms with Gasteiger partial charge in [-0.2, -0.15) is 0 Å². The molecule has 0 unspecified atom stereocenters. The summed E-state index contributed by atoms with van der Waals surface area (Å²) in [6.45, 7) is 7.77. The van der Waals surface area contributed by atoms with E-state index in [4.69, 9.17) is 0 Å². The van der Waals surface area contributed by atoms with E-state index in [9.17, 15) is 0 Å². The Morgan fingerprint density at radius 2 is 1.68 bits per heavy atom. The lowest BCUT2D eigenvalue weighted by Crippen LogP contribution is -1.98. The fourth-order valence-electron chi connectivity index (χ4n) is 3.07. The molecule has 19 heavy (non-hydrogen) atoms. The van der Waals surface area contributed by atoms with Crippen molar-refractivity contribution in [2.24, 2.45) is 0 Å². The molecule has 0 heteroatoms. The zero-order valence-electron chi connectivity index (χ0n) is 11.2. The van der Waals surface area contributed by atoms with Gasteiger partial charge >= 0.3 is 0 Å². The third kappa shape index (κ3) is 1.94. The first-order valence-electron chi connectivity index (χ1n) is 6.79. The maximum absolute atomic E-state index is 3.91. The number of allylic oxidation sites excluding steroid dienone is 2. The monoisotopic (exact) mass is 246 g/mol. The highest BCUT2D eigenvalue weighted by atomic mass is 14.2. The molecule has 0 saturated carbocycles. The van der Waals surface area contributed by atoms with Crippen molar-refractivity contribution < 1.29 is 0 Å². The Morgan fingerprint density at radius 1 is 0.895 bits per heavy atom. The SMILES string of the molecule is C=CCc1ccc2c(c1CC=C)Cc1ccccc1-2. The van der Waals surface area contributed by atoms with Crippen molar-refractivity contribution in [1.29, 1.82) is 0 Å². The van der Waals surface area contributed by atoms with Gasteiger partial charge in [0.05, 0.1) is 0 Å². The first kappa shape index (κ1) is 12.0. The Balaban J connectivity index is 2.18. The minimum absolute atomic E-state index is 0.937. The Morgan fingerprint density at radius 3 is 2.47 bits per heavy atom. The minimum atomic E-state index is 0.937. The fraction of sp³-hybridized carbons (Fsp3) is 0.158. The number of benzene rings is 2. The summed E-state index contributed by atoms with van der Waals surface area (Å²) < 4.78 is 0. The lowest BCUT2D eigenvalue weighted by Gasteiger charge is -2.12. The maximum atomic E-state index is 3.91. The van der Waals surface area contributed by atoms with Crippen LogP contribution in [-0.2, 0) is 19.3 Å². The van der Waals surface area contributed by atoms with Gasteiger partial charge in [-0.25, -0.2) is 0 Å². The van der Waals surface area contributed by atoms with Crippen LogP contribution in [0, 0.1) is 0 Å². The highest BCUT2D eigenvalue weighted by molar-refractivity contribution is 5.78. The summed E-state index contributed by atoms with van der Waals surface area (Å²) in [5.41, 5.74) is 8.57. The van der Waals surface area contributed by atoms with Crippen molar-refractivity contribution in [2.75, 3.05) is 0 Å². The van der Waals surface area contributed by atoms with Gasteiger partial charge in [-0.1, -0.05) is 48.6 Å². The van der Waals surface area contributed by atoms with Gasteiger partial charge in [0.25, 0.3) is 0 Å². The summed E-state index contributed by atoms with van der Waals surface area (Å²) in [5.74, 6) is 0. The normalized spacial score (nSPS) is 11.8. The van der Waals surface area contributed by atoms with Crippen molar-refractivity contribution >= 4 is 0 Å². The molecule has 0 fully saturated rings. The van der Waals surface area contributed by atoms with Crippen molar-refractivity contribution in [3.8, 4) is 11.1 Å². The van der Waals surface area contributed by atoms with Crippen LogP contribution in [0.25, 0.3) is 11.1 Å². The molecular formula is C19H18. The molecule has 3 rings (SSSR count). The van der Waals surface area contributed by atoms with Gasteiger partial charge in [0.1, 0.15) is 0 Å². The van der Waals surface area contributed by atoms with Gasteiger partial charge in [0.15, 0.2) is 0 Å². The van der Waals surface area contributed by atoms with Crippen LogP contribution in [0.3, 0.4) is 0 Å². The molecule has 0 aliphatic heterocycles. The number of fused-ring (bicyclic) bond motifs is 3. The largest absolute Gasteiger partial charge is 0.103 e. The van der Waals surface area contributed by atoms with Crippen molar-refractivity contribution in [1.82, 2.24) is 0 Å². The van der Waals surface area contributed by atoms with E-state index in [1.165, 1.54) is 33.4 Å². The first-order chi connectivity index (χ1) is 9.35. The molecule has 2 aromatic rings. The zero-order chi connectivity index (χ0) is 13.2. The van der Waals surface area contributed by atoms with Crippen molar-refractivity contribution in [2.45, 2.75) is 19.3 Å². The molecule has 1 aliphatic carbocycles. The first-order valence-corrected chi connectivity index (χ1v) is 6.79. The standard InChI is InChI=1S/C19H18/c1-3-7-14-11-12-18-17-10-6-5-9-15(17)13-19(18)16(14)8-4-2/h3-6,9-12H,1-2,7-8,13H2. The van der Waals surface area contributed by atoms with Gasteiger partial charge in [0.2, 0.25) is 0 Å². The molecule has 0 spiro atoms. The van der Waals surface area contributed by atoms with E-state index in [1.807, 2.05) is 12.2 Å². The fourth-order valence-corrected chi connectivity index (χ4v) is 3.07. The quantitative estimate of drug-likeness (QED) is 0.585. The lowest BCUT2D eigenvalue weighted by molar-refractivity contribution is 1.09. The third-order valence-electron chi connectivity index (χ3n) is 3.92. The van der Waals surface area contributed by atoms with Crippen LogP contribution in [0.15, 0.2) is 61.7 Å². The number of rotatable bonds is 4.